The fourth-order valence-electron chi connectivity index (χ4n) is 3.13. The summed E-state index contributed by atoms with van der Waals surface area (Å²) in [5.74, 6) is 0. The minimum absolute atomic E-state index is 0.169. The Bertz CT molecular complexity index is 1350. The van der Waals surface area contributed by atoms with Crippen LogP contribution < -0.4 is 0 Å². The molecule has 3 aromatic carbocycles. The first-order valence-electron chi connectivity index (χ1n) is 8.88. The first kappa shape index (κ1) is 20.0. The summed E-state index contributed by atoms with van der Waals surface area (Å²) in [6.07, 6.45) is -3.54. The quantitative estimate of drug-likeness (QED) is 0.439. The fraction of sp³-hybridized carbons (Fsp3) is 0.0909. The highest BCUT2D eigenvalue weighted by atomic mass is 32.2. The van der Waals surface area contributed by atoms with E-state index < -0.39 is 21.7 Å². The van der Waals surface area contributed by atoms with Gasteiger partial charge in [-0.15, -0.1) is 0 Å². The van der Waals surface area contributed by atoms with Gasteiger partial charge in [0.2, 0.25) is 0 Å². The Balaban J connectivity index is 1.81. The molecule has 0 radical (unpaired) electrons. The molecule has 4 nitrogen and oxygen atoms in total. The summed E-state index contributed by atoms with van der Waals surface area (Å²) < 4.78 is 64.4. The molecule has 0 unspecified atom stereocenters. The Kier molecular flexibility index (Phi) is 4.82. The minimum Gasteiger partial charge on any atom is -0.244 e. The van der Waals surface area contributed by atoms with Crippen molar-refractivity contribution in [3.63, 3.8) is 0 Å². The molecule has 0 atom stereocenters. The number of hydrogen-bond acceptors (Lipinski definition) is 4. The number of rotatable bonds is 3. The number of hydrogen-bond donors (Lipinski definition) is 0. The van der Waals surface area contributed by atoms with E-state index >= 15 is 0 Å². The maximum Gasteiger partial charge on any atom is 0.435 e. The van der Waals surface area contributed by atoms with Gasteiger partial charge in [-0.1, -0.05) is 48.5 Å². The maximum absolute atomic E-state index is 13.6. The lowest BCUT2D eigenvalue weighted by Crippen LogP contribution is -2.12. The average molecular weight is 428 g/mol. The van der Waals surface area contributed by atoms with Gasteiger partial charge in [0.25, 0.3) is 0 Å². The summed E-state index contributed by atoms with van der Waals surface area (Å²) in [6, 6.07) is 19.1. The molecule has 0 spiro atoms. The third kappa shape index (κ3) is 3.91. The minimum atomic E-state index is -4.66. The van der Waals surface area contributed by atoms with Crippen molar-refractivity contribution in [1.82, 2.24) is 9.97 Å². The highest BCUT2D eigenvalue weighted by Gasteiger charge is 2.37. The zero-order valence-corrected chi connectivity index (χ0v) is 16.5. The molecule has 0 saturated heterocycles. The van der Waals surface area contributed by atoms with E-state index in [0.29, 0.717) is 16.6 Å². The highest BCUT2D eigenvalue weighted by Crippen LogP contribution is 2.36. The third-order valence-electron chi connectivity index (χ3n) is 4.59. The molecule has 0 amide bonds. The summed E-state index contributed by atoms with van der Waals surface area (Å²) in [7, 11) is -3.37. The Morgan fingerprint density at radius 2 is 1.33 bits per heavy atom. The molecule has 0 bridgehead atoms. The molecular weight excluding hydrogens is 413 g/mol. The fourth-order valence-corrected chi connectivity index (χ4v) is 3.79. The van der Waals surface area contributed by atoms with Gasteiger partial charge in [0.05, 0.1) is 15.9 Å². The second kappa shape index (κ2) is 7.21. The third-order valence-corrected chi connectivity index (χ3v) is 5.70. The molecule has 4 aromatic rings. The van der Waals surface area contributed by atoms with E-state index in [2.05, 4.69) is 9.97 Å². The largest absolute Gasteiger partial charge is 0.435 e. The van der Waals surface area contributed by atoms with Gasteiger partial charge in [0, 0.05) is 11.8 Å². The van der Waals surface area contributed by atoms with Crippen molar-refractivity contribution in [2.75, 3.05) is 6.26 Å². The van der Waals surface area contributed by atoms with Gasteiger partial charge in [-0.2, -0.15) is 13.2 Å². The van der Waals surface area contributed by atoms with Crippen LogP contribution >= 0.6 is 0 Å². The van der Waals surface area contributed by atoms with E-state index in [9.17, 15) is 21.6 Å². The second-order valence-corrected chi connectivity index (χ2v) is 8.80. The number of alkyl halides is 3. The first-order valence-corrected chi connectivity index (χ1v) is 10.8. The van der Waals surface area contributed by atoms with Gasteiger partial charge in [0.15, 0.2) is 15.5 Å². The molecule has 8 heteroatoms. The van der Waals surface area contributed by atoms with Crippen LogP contribution in [-0.4, -0.2) is 24.6 Å². The molecule has 0 saturated carbocycles. The summed E-state index contributed by atoms with van der Waals surface area (Å²) in [5.41, 5.74) is 0.819. The predicted molar refractivity (Wildman–Crippen MR) is 109 cm³/mol. The maximum atomic E-state index is 13.6. The van der Waals surface area contributed by atoms with E-state index in [1.165, 1.54) is 30.3 Å². The van der Waals surface area contributed by atoms with Crippen LogP contribution in [0.1, 0.15) is 5.69 Å². The predicted octanol–water partition coefficient (Wildman–Crippen LogP) is 5.39. The average Bonchev–Trinajstić information content (AvgIpc) is 2.72. The molecule has 30 heavy (non-hydrogen) atoms. The summed E-state index contributed by atoms with van der Waals surface area (Å²) in [6.45, 7) is 0. The molecule has 0 aliphatic carbocycles. The topological polar surface area (TPSA) is 59.9 Å². The van der Waals surface area contributed by atoms with Gasteiger partial charge in [0.1, 0.15) is 5.69 Å². The van der Waals surface area contributed by atoms with Crippen LogP contribution in [0.5, 0.6) is 0 Å². The van der Waals surface area contributed by atoms with Gasteiger partial charge in [-0.05, 0) is 35.4 Å². The van der Waals surface area contributed by atoms with Gasteiger partial charge >= 0.3 is 6.18 Å². The van der Waals surface area contributed by atoms with Crippen molar-refractivity contribution >= 4 is 20.9 Å². The molecule has 4 rings (SSSR count). The Morgan fingerprint density at radius 3 is 1.93 bits per heavy atom. The van der Waals surface area contributed by atoms with Gasteiger partial charge < -0.3 is 0 Å². The van der Waals surface area contributed by atoms with E-state index in [0.717, 1.165) is 6.26 Å². The van der Waals surface area contributed by atoms with Crippen molar-refractivity contribution in [3.05, 3.63) is 78.5 Å². The molecule has 1 aromatic heterocycles. The SMILES string of the molecule is CS(=O)(=O)c1cccc(-c2ccc(-c3nc4ccccc4nc3C(F)(F)F)cc2)c1. The highest BCUT2D eigenvalue weighted by molar-refractivity contribution is 7.90. The van der Waals surface area contributed by atoms with Crippen LogP contribution in [0.4, 0.5) is 13.2 Å². The van der Waals surface area contributed by atoms with Gasteiger partial charge in [-0.25, -0.2) is 18.4 Å². The van der Waals surface area contributed by atoms with Crippen molar-refractivity contribution in [1.29, 1.82) is 0 Å². The van der Waals surface area contributed by atoms with Crippen molar-refractivity contribution < 1.29 is 21.6 Å². The Morgan fingerprint density at radius 1 is 0.733 bits per heavy atom. The molecule has 152 valence electrons. The second-order valence-electron chi connectivity index (χ2n) is 6.78. The molecule has 1 heterocycles. The summed E-state index contributed by atoms with van der Waals surface area (Å²) in [4.78, 5) is 8.16. The Hall–Kier alpha value is -3.26. The molecule has 0 aliphatic rings. The standard InChI is InChI=1S/C22H15F3N2O2S/c1-30(28,29)17-6-4-5-16(13-17)14-9-11-15(12-10-14)20-21(22(23,24)25)27-19-8-3-2-7-18(19)26-20/h2-13H,1H3. The van der Waals surface area contributed by atoms with Crippen molar-refractivity contribution in [2.24, 2.45) is 0 Å². The van der Waals surface area contributed by atoms with E-state index in [1.807, 2.05) is 0 Å². The summed E-state index contributed by atoms with van der Waals surface area (Å²) in [5, 5.41) is 0. The van der Waals surface area contributed by atoms with E-state index in [1.54, 1.807) is 42.5 Å². The molecule has 0 fully saturated rings. The van der Waals surface area contributed by atoms with Gasteiger partial charge in [-0.3, -0.25) is 0 Å². The lowest BCUT2D eigenvalue weighted by molar-refractivity contribution is -0.140. The molecular formula is C22H15F3N2O2S. The Labute approximate surface area is 171 Å². The first-order chi connectivity index (χ1) is 14.1. The zero-order chi connectivity index (χ0) is 21.5. The number of benzene rings is 3. The van der Waals surface area contributed by atoms with Crippen LogP contribution in [0.3, 0.4) is 0 Å². The number of para-hydroxylation sites is 2. The van der Waals surface area contributed by atoms with Crippen LogP contribution in [0, 0.1) is 0 Å². The normalized spacial score (nSPS) is 12.3. The van der Waals surface area contributed by atoms with E-state index in [4.69, 9.17) is 0 Å². The van der Waals surface area contributed by atoms with Crippen molar-refractivity contribution in [2.45, 2.75) is 11.1 Å². The van der Waals surface area contributed by atoms with Crippen LogP contribution in [-0.2, 0) is 16.0 Å². The number of halogens is 3. The molecule has 0 N–H and O–H groups in total. The van der Waals surface area contributed by atoms with Crippen LogP contribution in [0.25, 0.3) is 33.4 Å². The number of nitrogens with zero attached hydrogens (tertiary/aromatic N) is 2. The number of aromatic nitrogens is 2. The van der Waals surface area contributed by atoms with E-state index in [-0.39, 0.29) is 21.7 Å². The zero-order valence-electron chi connectivity index (χ0n) is 15.7. The van der Waals surface area contributed by atoms with Crippen LogP contribution in [0.15, 0.2) is 77.7 Å². The lowest BCUT2D eigenvalue weighted by atomic mass is 10.0. The molecule has 0 aliphatic heterocycles. The number of sulfone groups is 1. The van der Waals surface area contributed by atoms with Crippen LogP contribution in [0.2, 0.25) is 0 Å². The summed E-state index contributed by atoms with van der Waals surface area (Å²) >= 11 is 0. The van der Waals surface area contributed by atoms with Crippen molar-refractivity contribution in [3.8, 4) is 22.4 Å². The lowest BCUT2D eigenvalue weighted by Gasteiger charge is -2.13. The smallest absolute Gasteiger partial charge is 0.244 e. The monoisotopic (exact) mass is 428 g/mol. The number of fused-ring (bicyclic) bond motifs is 1.